The van der Waals surface area contributed by atoms with Crippen molar-refractivity contribution in [3.05, 3.63) is 81.9 Å². The molecule has 6 atom stereocenters. The molecule has 1 aliphatic heterocycles. The third kappa shape index (κ3) is 11.1. The van der Waals surface area contributed by atoms with Crippen LogP contribution in [0, 0.1) is 31.1 Å². The second kappa shape index (κ2) is 17.3. The molecule has 0 spiro atoms. The Balaban J connectivity index is 1.97. The molecule has 2 amide bonds. The Hall–Kier alpha value is -3.40. The third-order valence-corrected chi connectivity index (χ3v) is 9.37. The summed E-state index contributed by atoms with van der Waals surface area (Å²) in [5.74, 6) is -3.25. The molecule has 0 aliphatic carbocycles. The van der Waals surface area contributed by atoms with E-state index in [-0.39, 0.29) is 31.7 Å². The number of carbonyl (C=O) groups is 4. The first kappa shape index (κ1) is 39.0. The molecule has 0 bridgehead atoms. The first-order valence-electron chi connectivity index (χ1n) is 16.3. The number of nitrogens with one attached hydrogen (secondary N) is 2. The monoisotopic (exact) mass is 702 g/mol. The number of alkyl halides is 1. The molecule has 1 heterocycles. The Morgan fingerprint density at radius 1 is 1.02 bits per heavy atom. The fourth-order valence-electron chi connectivity index (χ4n) is 5.27. The molecular formula is C37H48Cl2N2O7. The minimum atomic E-state index is -1.23. The van der Waals surface area contributed by atoms with E-state index in [4.69, 9.17) is 32.7 Å². The van der Waals surface area contributed by atoms with E-state index in [1.807, 2.05) is 64.1 Å². The summed E-state index contributed by atoms with van der Waals surface area (Å²) in [5, 5.41) is 16.6. The Labute approximate surface area is 293 Å². The minimum absolute atomic E-state index is 0.0293. The minimum Gasteiger partial charge on any atom is -0.459 e. The average molecular weight is 704 g/mol. The molecule has 2 aromatic rings. The van der Waals surface area contributed by atoms with E-state index in [9.17, 15) is 24.3 Å². The number of aliphatic hydroxyl groups excluding tert-OH is 1. The molecular weight excluding hydrogens is 655 g/mol. The van der Waals surface area contributed by atoms with Crippen molar-refractivity contribution >= 4 is 47.0 Å². The van der Waals surface area contributed by atoms with Crippen molar-refractivity contribution in [2.75, 3.05) is 6.54 Å². The number of halogens is 2. The van der Waals surface area contributed by atoms with Gasteiger partial charge < -0.3 is 25.2 Å². The molecule has 48 heavy (non-hydrogen) atoms. The standard InChI is InChI=1S/C37H48Cl2N2O7/c1-21(2)16-30-35(45)47-29(24(5)33(43)32(39)26-11-8-10-22(3)17-26)12-9-13-31(42)41-28(19-25-15-14-23(4)27(38)18-25)34(44)40-20-37(6,7)36(46)48-30/h8-11,13-15,17-18,21,24,28-30,32-33,43H,12,16,19-20H2,1-7H3,(H,40,44)(H,41,42)/b13-9+. The van der Waals surface area contributed by atoms with Crippen LogP contribution >= 0.6 is 23.2 Å². The maximum Gasteiger partial charge on any atom is 0.347 e. The lowest BCUT2D eigenvalue weighted by Gasteiger charge is -2.32. The number of hydrogen-bond donors (Lipinski definition) is 3. The van der Waals surface area contributed by atoms with Crippen molar-refractivity contribution in [1.29, 1.82) is 0 Å². The number of rotatable bonds is 8. The molecule has 262 valence electrons. The number of benzene rings is 2. The smallest absolute Gasteiger partial charge is 0.347 e. The molecule has 0 saturated heterocycles. The summed E-state index contributed by atoms with van der Waals surface area (Å²) >= 11 is 13.1. The predicted molar refractivity (Wildman–Crippen MR) is 187 cm³/mol. The van der Waals surface area contributed by atoms with Crippen molar-refractivity contribution < 1.29 is 33.8 Å². The lowest BCUT2D eigenvalue weighted by atomic mass is 9.90. The largest absolute Gasteiger partial charge is 0.459 e. The number of aryl methyl sites for hydroxylation is 2. The number of cyclic esters (lactones) is 2. The van der Waals surface area contributed by atoms with Crippen LogP contribution < -0.4 is 10.6 Å². The maximum absolute atomic E-state index is 13.6. The van der Waals surface area contributed by atoms with Gasteiger partial charge in [-0.1, -0.05) is 80.4 Å². The summed E-state index contributed by atoms with van der Waals surface area (Å²) in [6.07, 6.45) is -0.159. The molecule has 2 aromatic carbocycles. The van der Waals surface area contributed by atoms with Crippen LogP contribution in [0.5, 0.6) is 0 Å². The van der Waals surface area contributed by atoms with Gasteiger partial charge in [0, 0.05) is 30.3 Å². The zero-order chi connectivity index (χ0) is 35.8. The third-order valence-electron chi connectivity index (χ3n) is 8.45. The molecule has 9 nitrogen and oxygen atoms in total. The molecule has 0 radical (unpaired) electrons. The predicted octanol–water partition coefficient (Wildman–Crippen LogP) is 5.93. The van der Waals surface area contributed by atoms with Crippen molar-refractivity contribution in [3.63, 3.8) is 0 Å². The second-order valence-electron chi connectivity index (χ2n) is 13.8. The molecule has 11 heteroatoms. The van der Waals surface area contributed by atoms with Crippen LogP contribution in [0.15, 0.2) is 54.6 Å². The van der Waals surface area contributed by atoms with Gasteiger partial charge in [-0.15, -0.1) is 11.6 Å². The molecule has 6 unspecified atom stereocenters. The van der Waals surface area contributed by atoms with Crippen LogP contribution in [0.3, 0.4) is 0 Å². The zero-order valence-electron chi connectivity index (χ0n) is 28.7. The van der Waals surface area contributed by atoms with Gasteiger partial charge in [0.1, 0.15) is 12.1 Å². The number of amides is 2. The average Bonchev–Trinajstić information content (AvgIpc) is 3.02. The van der Waals surface area contributed by atoms with Gasteiger partial charge in [-0.05, 0) is 68.9 Å². The van der Waals surface area contributed by atoms with Crippen LogP contribution in [0.2, 0.25) is 5.02 Å². The molecule has 3 N–H and O–H groups in total. The van der Waals surface area contributed by atoms with Crippen LogP contribution in [-0.2, 0) is 35.1 Å². The van der Waals surface area contributed by atoms with Crippen molar-refractivity contribution in [3.8, 4) is 0 Å². The topological polar surface area (TPSA) is 131 Å². The summed E-state index contributed by atoms with van der Waals surface area (Å²) in [4.78, 5) is 53.6. The van der Waals surface area contributed by atoms with Gasteiger partial charge in [0.15, 0.2) is 6.10 Å². The lowest BCUT2D eigenvalue weighted by Crippen LogP contribution is -2.51. The molecule has 1 aliphatic rings. The highest BCUT2D eigenvalue weighted by molar-refractivity contribution is 6.31. The maximum atomic E-state index is 13.6. The Kier molecular flexibility index (Phi) is 14.1. The number of aliphatic hydroxyl groups is 1. The van der Waals surface area contributed by atoms with Crippen molar-refractivity contribution in [2.45, 2.75) is 97.5 Å². The highest BCUT2D eigenvalue weighted by atomic mass is 35.5. The summed E-state index contributed by atoms with van der Waals surface area (Å²) < 4.78 is 11.7. The highest BCUT2D eigenvalue weighted by Gasteiger charge is 2.38. The van der Waals surface area contributed by atoms with Crippen LogP contribution in [0.4, 0.5) is 0 Å². The van der Waals surface area contributed by atoms with Gasteiger partial charge >= 0.3 is 11.9 Å². The number of carbonyl (C=O) groups excluding carboxylic acids is 4. The summed E-state index contributed by atoms with van der Waals surface area (Å²) in [7, 11) is 0. The van der Waals surface area contributed by atoms with E-state index in [1.54, 1.807) is 26.8 Å². The van der Waals surface area contributed by atoms with Crippen LogP contribution in [0.25, 0.3) is 0 Å². The first-order chi connectivity index (χ1) is 22.5. The van der Waals surface area contributed by atoms with Gasteiger partial charge in [-0.3, -0.25) is 14.4 Å². The van der Waals surface area contributed by atoms with Crippen molar-refractivity contribution in [1.82, 2.24) is 10.6 Å². The Morgan fingerprint density at radius 3 is 2.38 bits per heavy atom. The number of hydrogen-bond acceptors (Lipinski definition) is 7. The first-order valence-corrected chi connectivity index (χ1v) is 17.1. The van der Waals surface area contributed by atoms with E-state index in [1.165, 1.54) is 12.2 Å². The molecule has 0 fully saturated rings. The van der Waals surface area contributed by atoms with E-state index in [0.717, 1.165) is 16.7 Å². The molecule has 0 aromatic heterocycles. The Bertz CT molecular complexity index is 1490. The van der Waals surface area contributed by atoms with Crippen LogP contribution in [-0.4, -0.2) is 59.8 Å². The molecule has 3 rings (SSSR count). The Morgan fingerprint density at radius 2 is 1.73 bits per heavy atom. The van der Waals surface area contributed by atoms with Gasteiger partial charge in [-0.2, -0.15) is 0 Å². The summed E-state index contributed by atoms with van der Waals surface area (Å²) in [5.41, 5.74) is 2.06. The lowest BCUT2D eigenvalue weighted by molar-refractivity contribution is -0.180. The fraction of sp³-hybridized carbons (Fsp3) is 0.514. The number of esters is 2. The van der Waals surface area contributed by atoms with Crippen molar-refractivity contribution in [2.24, 2.45) is 17.3 Å². The van der Waals surface area contributed by atoms with Gasteiger partial charge in [-0.25, -0.2) is 4.79 Å². The highest BCUT2D eigenvalue weighted by Crippen LogP contribution is 2.32. The van der Waals surface area contributed by atoms with Gasteiger partial charge in [0.2, 0.25) is 11.8 Å². The fourth-order valence-corrected chi connectivity index (χ4v) is 5.84. The normalized spacial score (nSPS) is 23.7. The zero-order valence-corrected chi connectivity index (χ0v) is 30.2. The van der Waals surface area contributed by atoms with E-state index in [2.05, 4.69) is 10.6 Å². The number of ether oxygens (including phenoxy) is 2. The quantitative estimate of drug-likeness (QED) is 0.230. The van der Waals surface area contributed by atoms with Gasteiger partial charge in [0.25, 0.3) is 0 Å². The van der Waals surface area contributed by atoms with E-state index >= 15 is 0 Å². The van der Waals surface area contributed by atoms with Gasteiger partial charge in [0.05, 0.1) is 16.9 Å². The summed E-state index contributed by atoms with van der Waals surface area (Å²) in [6.45, 7) is 12.3. The second-order valence-corrected chi connectivity index (χ2v) is 14.6. The summed E-state index contributed by atoms with van der Waals surface area (Å²) in [6, 6.07) is 11.9. The van der Waals surface area contributed by atoms with E-state index < -0.39 is 64.8 Å². The van der Waals surface area contributed by atoms with E-state index in [0.29, 0.717) is 10.6 Å². The molecule has 0 saturated carbocycles. The van der Waals surface area contributed by atoms with Crippen LogP contribution in [0.1, 0.15) is 75.1 Å². The SMILES string of the molecule is Cc1cccc(C(Cl)C(O)C(C)C2C/C=C/C(=O)NC(Cc3ccc(C)c(Cl)c3)C(=O)NCC(C)(C)C(=O)OC(CC(C)C)C(=O)O2)c1.